The number of nitrogens with zero attached hydrogens (tertiary/aromatic N) is 1. The van der Waals surface area contributed by atoms with Gasteiger partial charge < -0.3 is 15.5 Å². The van der Waals surface area contributed by atoms with Gasteiger partial charge in [0.05, 0.1) is 0 Å². The Hall–Kier alpha value is -2.66. The summed E-state index contributed by atoms with van der Waals surface area (Å²) in [7, 11) is 2.08. The Morgan fingerprint density at radius 1 is 1.00 bits per heavy atom. The smallest absolute Gasteiger partial charge is 0.251 e. The lowest BCUT2D eigenvalue weighted by Crippen LogP contribution is -2.37. The Balaban J connectivity index is 1.59. The van der Waals surface area contributed by atoms with E-state index in [4.69, 9.17) is 0 Å². The van der Waals surface area contributed by atoms with Gasteiger partial charge in [0.1, 0.15) is 0 Å². The monoisotopic (exact) mass is 367 g/mol. The zero-order valence-corrected chi connectivity index (χ0v) is 16.2. The van der Waals surface area contributed by atoms with Crippen LogP contribution in [0.3, 0.4) is 0 Å². The molecule has 0 aliphatic rings. The molecule has 0 spiro atoms. The maximum absolute atomic E-state index is 12.1. The first kappa shape index (κ1) is 20.6. The summed E-state index contributed by atoms with van der Waals surface area (Å²) >= 11 is 0. The molecule has 0 aliphatic carbocycles. The van der Waals surface area contributed by atoms with Crippen molar-refractivity contribution in [2.24, 2.45) is 0 Å². The molecule has 5 heteroatoms. The summed E-state index contributed by atoms with van der Waals surface area (Å²) in [5.41, 5.74) is 1.89. The molecular weight excluding hydrogens is 338 g/mol. The van der Waals surface area contributed by atoms with E-state index in [1.807, 2.05) is 43.3 Å². The van der Waals surface area contributed by atoms with Gasteiger partial charge in [0.2, 0.25) is 5.91 Å². The largest absolute Gasteiger partial charge is 0.356 e. The zero-order chi connectivity index (χ0) is 19.5. The minimum Gasteiger partial charge on any atom is -0.356 e. The summed E-state index contributed by atoms with van der Waals surface area (Å²) in [4.78, 5) is 26.3. The Morgan fingerprint density at radius 2 is 1.63 bits per heavy atom. The summed E-state index contributed by atoms with van der Waals surface area (Å²) in [6.45, 7) is 4.29. The van der Waals surface area contributed by atoms with Gasteiger partial charge >= 0.3 is 0 Å². The second-order valence-electron chi connectivity index (χ2n) is 6.87. The lowest BCUT2D eigenvalue weighted by Gasteiger charge is -2.17. The highest BCUT2D eigenvalue weighted by atomic mass is 16.2. The SMILES string of the molecule is CC(CC(=O)NCCCN(C)Cc1ccccc1)NC(=O)c1ccccc1. The van der Waals surface area contributed by atoms with Gasteiger partial charge in [-0.25, -0.2) is 0 Å². The van der Waals surface area contributed by atoms with Crippen molar-refractivity contribution in [3.63, 3.8) is 0 Å². The Kier molecular flexibility index (Phi) is 8.52. The number of rotatable bonds is 10. The fourth-order valence-corrected chi connectivity index (χ4v) is 2.85. The summed E-state index contributed by atoms with van der Waals surface area (Å²) in [6.07, 6.45) is 1.16. The van der Waals surface area contributed by atoms with Crippen molar-refractivity contribution in [1.29, 1.82) is 0 Å². The van der Waals surface area contributed by atoms with Crippen LogP contribution < -0.4 is 10.6 Å². The average molecular weight is 367 g/mol. The van der Waals surface area contributed by atoms with E-state index in [9.17, 15) is 9.59 Å². The normalized spacial score (nSPS) is 11.8. The Labute approximate surface area is 161 Å². The van der Waals surface area contributed by atoms with Crippen LogP contribution in [0.4, 0.5) is 0 Å². The first-order chi connectivity index (χ1) is 13.0. The molecule has 27 heavy (non-hydrogen) atoms. The number of hydrogen-bond acceptors (Lipinski definition) is 3. The van der Waals surface area contributed by atoms with Gasteiger partial charge in [0.15, 0.2) is 0 Å². The molecule has 1 atom stereocenters. The van der Waals surface area contributed by atoms with E-state index in [2.05, 4.69) is 34.7 Å². The van der Waals surface area contributed by atoms with Gasteiger partial charge in [-0.1, -0.05) is 48.5 Å². The molecule has 2 rings (SSSR count). The van der Waals surface area contributed by atoms with Crippen LogP contribution in [0.25, 0.3) is 0 Å². The maximum atomic E-state index is 12.1. The van der Waals surface area contributed by atoms with Gasteiger partial charge in [-0.2, -0.15) is 0 Å². The number of nitrogens with one attached hydrogen (secondary N) is 2. The number of carbonyl (C=O) groups excluding carboxylic acids is 2. The third-order valence-electron chi connectivity index (χ3n) is 4.24. The highest BCUT2D eigenvalue weighted by Gasteiger charge is 2.12. The van der Waals surface area contributed by atoms with Crippen molar-refractivity contribution < 1.29 is 9.59 Å². The van der Waals surface area contributed by atoms with Crippen LogP contribution in [0.1, 0.15) is 35.7 Å². The minimum absolute atomic E-state index is 0.0402. The third-order valence-corrected chi connectivity index (χ3v) is 4.24. The van der Waals surface area contributed by atoms with Gasteiger partial charge in [0, 0.05) is 31.1 Å². The molecule has 144 valence electrons. The summed E-state index contributed by atoms with van der Waals surface area (Å²) < 4.78 is 0. The molecule has 5 nitrogen and oxygen atoms in total. The van der Waals surface area contributed by atoms with Crippen LogP contribution >= 0.6 is 0 Å². The standard InChI is InChI=1S/C22H29N3O2/c1-18(24-22(27)20-12-7-4-8-13-20)16-21(26)23-14-9-15-25(2)17-19-10-5-3-6-11-19/h3-8,10-13,18H,9,14-17H2,1-2H3,(H,23,26)(H,24,27). The zero-order valence-electron chi connectivity index (χ0n) is 16.2. The first-order valence-electron chi connectivity index (χ1n) is 9.39. The highest BCUT2D eigenvalue weighted by Crippen LogP contribution is 2.03. The molecule has 0 bridgehead atoms. The van der Waals surface area contributed by atoms with Crippen molar-refractivity contribution in [2.75, 3.05) is 20.1 Å². The summed E-state index contributed by atoms with van der Waals surface area (Å²) in [5, 5.41) is 5.78. The van der Waals surface area contributed by atoms with Crippen molar-refractivity contribution in [2.45, 2.75) is 32.4 Å². The van der Waals surface area contributed by atoms with Crippen LogP contribution in [0.15, 0.2) is 60.7 Å². The van der Waals surface area contributed by atoms with E-state index in [-0.39, 0.29) is 24.3 Å². The van der Waals surface area contributed by atoms with Crippen molar-refractivity contribution in [3.05, 3.63) is 71.8 Å². The predicted molar refractivity (Wildman–Crippen MR) is 108 cm³/mol. The maximum Gasteiger partial charge on any atom is 0.251 e. The van der Waals surface area contributed by atoms with E-state index >= 15 is 0 Å². The van der Waals surface area contributed by atoms with E-state index < -0.39 is 0 Å². The Morgan fingerprint density at radius 3 is 2.30 bits per heavy atom. The van der Waals surface area contributed by atoms with Crippen LogP contribution in [0.2, 0.25) is 0 Å². The number of benzene rings is 2. The highest BCUT2D eigenvalue weighted by molar-refractivity contribution is 5.94. The van der Waals surface area contributed by atoms with Crippen molar-refractivity contribution in [1.82, 2.24) is 15.5 Å². The second-order valence-corrected chi connectivity index (χ2v) is 6.87. The first-order valence-corrected chi connectivity index (χ1v) is 9.39. The van der Waals surface area contributed by atoms with Gasteiger partial charge in [-0.3, -0.25) is 9.59 Å². The molecule has 2 N–H and O–H groups in total. The van der Waals surface area contributed by atoms with Crippen molar-refractivity contribution >= 4 is 11.8 Å². The van der Waals surface area contributed by atoms with Crippen molar-refractivity contribution in [3.8, 4) is 0 Å². The molecule has 2 aromatic rings. The fraction of sp³-hybridized carbons (Fsp3) is 0.364. The van der Waals surface area contributed by atoms with Crippen LogP contribution in [0, 0.1) is 0 Å². The second kappa shape index (κ2) is 11.1. The fourth-order valence-electron chi connectivity index (χ4n) is 2.85. The molecule has 0 aromatic heterocycles. The molecule has 1 unspecified atom stereocenters. The van der Waals surface area contributed by atoms with Crippen LogP contribution in [0.5, 0.6) is 0 Å². The molecule has 2 aromatic carbocycles. The molecule has 0 saturated carbocycles. The summed E-state index contributed by atoms with van der Waals surface area (Å²) in [5.74, 6) is -0.194. The molecular formula is C22H29N3O2. The number of carbonyl (C=O) groups is 2. The topological polar surface area (TPSA) is 61.4 Å². The molecule has 0 aliphatic heterocycles. The van der Waals surface area contributed by atoms with E-state index in [0.29, 0.717) is 12.1 Å². The van der Waals surface area contributed by atoms with E-state index in [1.54, 1.807) is 12.1 Å². The lowest BCUT2D eigenvalue weighted by atomic mass is 10.1. The number of amides is 2. The van der Waals surface area contributed by atoms with E-state index in [1.165, 1.54) is 5.56 Å². The molecule has 2 amide bonds. The lowest BCUT2D eigenvalue weighted by molar-refractivity contribution is -0.121. The molecule has 0 fully saturated rings. The summed E-state index contributed by atoms with van der Waals surface area (Å²) in [6, 6.07) is 19.1. The minimum atomic E-state index is -0.210. The Bertz CT molecular complexity index is 704. The van der Waals surface area contributed by atoms with Gasteiger partial charge in [-0.15, -0.1) is 0 Å². The van der Waals surface area contributed by atoms with Crippen LogP contribution in [-0.2, 0) is 11.3 Å². The van der Waals surface area contributed by atoms with Gasteiger partial charge in [0.25, 0.3) is 5.91 Å². The van der Waals surface area contributed by atoms with Gasteiger partial charge in [-0.05, 0) is 44.6 Å². The molecule has 0 saturated heterocycles. The third kappa shape index (κ3) is 8.05. The quantitative estimate of drug-likeness (QED) is 0.635. The average Bonchev–Trinajstić information content (AvgIpc) is 2.66. The number of hydrogen-bond donors (Lipinski definition) is 2. The molecule has 0 heterocycles. The predicted octanol–water partition coefficient (Wildman–Crippen LogP) is 2.83. The van der Waals surface area contributed by atoms with Crippen LogP contribution in [-0.4, -0.2) is 42.9 Å². The molecule has 0 radical (unpaired) electrons. The van der Waals surface area contributed by atoms with E-state index in [0.717, 1.165) is 19.5 Å².